The third-order valence-electron chi connectivity index (χ3n) is 4.34. The van der Waals surface area contributed by atoms with Crippen LogP contribution in [-0.2, 0) is 11.3 Å². The summed E-state index contributed by atoms with van der Waals surface area (Å²) in [6.07, 6.45) is 4.49. The van der Waals surface area contributed by atoms with Crippen molar-refractivity contribution in [2.45, 2.75) is 6.54 Å². The molecule has 4 rings (SSSR count). The van der Waals surface area contributed by atoms with E-state index >= 15 is 0 Å². The molecule has 9 heteroatoms. The summed E-state index contributed by atoms with van der Waals surface area (Å²) >= 11 is 7.08. The topological polar surface area (TPSA) is 98.6 Å². The third kappa shape index (κ3) is 4.82. The van der Waals surface area contributed by atoms with Crippen molar-refractivity contribution in [3.63, 3.8) is 0 Å². The molecular formula is C22H16ClN3O4S. The van der Waals surface area contributed by atoms with Crippen LogP contribution in [0.2, 0.25) is 5.02 Å². The third-order valence-corrected chi connectivity index (χ3v) is 5.57. The van der Waals surface area contributed by atoms with Crippen LogP contribution in [0.15, 0.2) is 80.4 Å². The number of amidine groups is 1. The molecule has 0 saturated carbocycles. The number of rotatable bonds is 5. The van der Waals surface area contributed by atoms with Crippen molar-refractivity contribution in [2.24, 2.45) is 10.2 Å². The number of para-hydroxylation sites is 1. The van der Waals surface area contributed by atoms with Gasteiger partial charge in [0.15, 0.2) is 5.17 Å². The number of aromatic hydroxyl groups is 2. The molecule has 0 radical (unpaired) electrons. The predicted octanol–water partition coefficient (Wildman–Crippen LogP) is 4.85. The number of thioether (sulfide) groups is 1. The monoisotopic (exact) mass is 453 g/mol. The zero-order valence-electron chi connectivity index (χ0n) is 16.0. The van der Waals surface area contributed by atoms with Crippen LogP contribution < -0.4 is 0 Å². The largest absolute Gasteiger partial charge is 0.507 e. The Labute approximate surface area is 187 Å². The number of nitrogens with zero attached hydrogens (tertiary/aromatic N) is 3. The average molecular weight is 454 g/mol. The molecule has 3 aromatic rings. The summed E-state index contributed by atoms with van der Waals surface area (Å²) in [5.41, 5.74) is 0.915. The highest BCUT2D eigenvalue weighted by Gasteiger charge is 2.34. The van der Waals surface area contributed by atoms with Gasteiger partial charge in [0.25, 0.3) is 5.91 Å². The lowest BCUT2D eigenvalue weighted by molar-refractivity contribution is -0.122. The van der Waals surface area contributed by atoms with E-state index in [0.29, 0.717) is 32.0 Å². The second-order valence-corrected chi connectivity index (χ2v) is 7.92. The lowest BCUT2D eigenvalue weighted by Crippen LogP contribution is -2.28. The number of carbonyl (C=O) groups excluding carboxylic acids is 1. The Hall–Kier alpha value is -3.49. The number of amides is 1. The van der Waals surface area contributed by atoms with Crippen LogP contribution in [0.25, 0.3) is 6.08 Å². The molecule has 0 bridgehead atoms. The van der Waals surface area contributed by atoms with Crippen molar-refractivity contribution >= 4 is 46.7 Å². The Balaban J connectivity index is 1.65. The summed E-state index contributed by atoms with van der Waals surface area (Å²) in [5, 5.41) is 28.9. The van der Waals surface area contributed by atoms with E-state index in [4.69, 9.17) is 16.0 Å². The highest BCUT2D eigenvalue weighted by Crippen LogP contribution is 2.35. The van der Waals surface area contributed by atoms with Crippen LogP contribution >= 0.6 is 23.4 Å². The lowest BCUT2D eigenvalue weighted by Gasteiger charge is -2.12. The van der Waals surface area contributed by atoms with Gasteiger partial charge >= 0.3 is 0 Å². The standard InChI is InChI=1S/C22H16ClN3O4S/c23-16-7-8-19(28)15(10-16)12-24-25-22-26(13-17-5-3-9-30-17)21(29)20(31-22)11-14-4-1-2-6-18(14)27/h1-12,27-28H,13H2/b20-11-,24-12+,25-22-. The maximum Gasteiger partial charge on any atom is 0.267 e. The van der Waals surface area contributed by atoms with Crippen LogP contribution in [0.4, 0.5) is 0 Å². The van der Waals surface area contributed by atoms with Crippen molar-refractivity contribution in [1.82, 2.24) is 4.90 Å². The summed E-state index contributed by atoms with van der Waals surface area (Å²) in [4.78, 5) is 14.8. The Kier molecular flexibility index (Phi) is 6.11. The molecule has 1 aromatic heterocycles. The fourth-order valence-corrected chi connectivity index (χ4v) is 3.91. The van der Waals surface area contributed by atoms with E-state index in [-0.39, 0.29) is 24.0 Å². The molecule has 1 amide bonds. The van der Waals surface area contributed by atoms with Crippen molar-refractivity contribution < 1.29 is 19.4 Å². The van der Waals surface area contributed by atoms with Crippen LogP contribution in [0, 0.1) is 0 Å². The van der Waals surface area contributed by atoms with Crippen molar-refractivity contribution in [2.75, 3.05) is 0 Å². The fourth-order valence-electron chi connectivity index (χ4n) is 2.80. The normalized spacial score (nSPS) is 16.8. The summed E-state index contributed by atoms with van der Waals surface area (Å²) < 4.78 is 5.36. The smallest absolute Gasteiger partial charge is 0.267 e. The van der Waals surface area contributed by atoms with Crippen LogP contribution in [0.3, 0.4) is 0 Å². The van der Waals surface area contributed by atoms with E-state index in [1.807, 2.05) is 0 Å². The zero-order valence-corrected chi connectivity index (χ0v) is 17.5. The van der Waals surface area contributed by atoms with E-state index < -0.39 is 0 Å². The molecule has 0 unspecified atom stereocenters. The van der Waals surface area contributed by atoms with Gasteiger partial charge in [0.2, 0.25) is 0 Å². The van der Waals surface area contributed by atoms with Gasteiger partial charge in [-0.05, 0) is 54.2 Å². The minimum absolute atomic E-state index is 0.0103. The molecule has 0 atom stereocenters. The molecule has 1 fully saturated rings. The summed E-state index contributed by atoms with van der Waals surface area (Å²) in [5.74, 6) is 0.378. The maximum atomic E-state index is 13.0. The highest BCUT2D eigenvalue weighted by atomic mass is 35.5. The fraction of sp³-hybridized carbons (Fsp3) is 0.0455. The van der Waals surface area contributed by atoms with Gasteiger partial charge in [0.1, 0.15) is 17.3 Å². The van der Waals surface area contributed by atoms with Gasteiger partial charge in [0.05, 0.1) is 23.9 Å². The number of benzene rings is 2. The zero-order chi connectivity index (χ0) is 21.8. The Morgan fingerprint density at radius 3 is 2.65 bits per heavy atom. The molecule has 1 saturated heterocycles. The number of hydrogen-bond acceptors (Lipinski definition) is 7. The molecule has 31 heavy (non-hydrogen) atoms. The Morgan fingerprint density at radius 2 is 1.87 bits per heavy atom. The lowest BCUT2D eigenvalue weighted by atomic mass is 10.2. The van der Waals surface area contributed by atoms with Gasteiger partial charge in [-0.15, -0.1) is 5.10 Å². The predicted molar refractivity (Wildman–Crippen MR) is 121 cm³/mol. The second-order valence-electron chi connectivity index (χ2n) is 6.47. The SMILES string of the molecule is O=C1/C(=C/c2ccccc2O)S/C(=N\N=C\c2cc(Cl)ccc2O)N1Cc1ccco1. The Morgan fingerprint density at radius 1 is 1.06 bits per heavy atom. The van der Waals surface area contributed by atoms with Gasteiger partial charge in [-0.25, -0.2) is 0 Å². The van der Waals surface area contributed by atoms with Crippen molar-refractivity contribution in [3.8, 4) is 11.5 Å². The highest BCUT2D eigenvalue weighted by molar-refractivity contribution is 8.18. The molecule has 1 aliphatic rings. The number of halogens is 1. The number of furan rings is 1. The first-order chi connectivity index (χ1) is 15.0. The maximum absolute atomic E-state index is 13.0. The number of phenols is 2. The summed E-state index contributed by atoms with van der Waals surface area (Å²) in [6.45, 7) is 0.174. The van der Waals surface area contributed by atoms with Gasteiger partial charge in [-0.1, -0.05) is 29.8 Å². The molecule has 0 aliphatic carbocycles. The van der Waals surface area contributed by atoms with Gasteiger partial charge < -0.3 is 14.6 Å². The first-order valence-electron chi connectivity index (χ1n) is 9.12. The van der Waals surface area contributed by atoms with E-state index in [0.717, 1.165) is 11.8 Å². The van der Waals surface area contributed by atoms with Crippen LogP contribution in [0.5, 0.6) is 11.5 Å². The molecule has 156 valence electrons. The number of carbonyl (C=O) groups is 1. The van der Waals surface area contributed by atoms with Gasteiger partial charge in [-0.2, -0.15) is 5.10 Å². The van der Waals surface area contributed by atoms with Gasteiger partial charge in [0, 0.05) is 16.1 Å². The minimum Gasteiger partial charge on any atom is -0.507 e. The molecule has 7 nitrogen and oxygen atoms in total. The van der Waals surface area contributed by atoms with E-state index in [9.17, 15) is 15.0 Å². The summed E-state index contributed by atoms with van der Waals surface area (Å²) in [6, 6.07) is 14.8. The van der Waals surface area contributed by atoms with Crippen LogP contribution in [-0.4, -0.2) is 32.4 Å². The van der Waals surface area contributed by atoms with Crippen LogP contribution in [0.1, 0.15) is 16.9 Å². The molecule has 2 N–H and O–H groups in total. The van der Waals surface area contributed by atoms with E-state index in [2.05, 4.69) is 10.2 Å². The number of phenolic OH excluding ortho intramolecular Hbond substituents is 2. The van der Waals surface area contributed by atoms with Gasteiger partial charge in [-0.3, -0.25) is 9.69 Å². The minimum atomic E-state index is -0.288. The number of hydrogen-bond donors (Lipinski definition) is 2. The van der Waals surface area contributed by atoms with E-state index in [1.54, 1.807) is 54.6 Å². The molecule has 0 spiro atoms. The first kappa shape index (κ1) is 20.8. The van der Waals surface area contributed by atoms with Crippen molar-refractivity contribution in [1.29, 1.82) is 0 Å². The summed E-state index contributed by atoms with van der Waals surface area (Å²) in [7, 11) is 0. The molecular weight excluding hydrogens is 438 g/mol. The molecule has 2 heterocycles. The second kappa shape index (κ2) is 9.11. The Bertz CT molecular complexity index is 1210. The quantitative estimate of drug-likeness (QED) is 0.327. The molecule has 1 aliphatic heterocycles. The van der Waals surface area contributed by atoms with Crippen molar-refractivity contribution in [3.05, 3.63) is 87.7 Å². The average Bonchev–Trinajstić information content (AvgIpc) is 3.36. The molecule has 2 aromatic carbocycles. The first-order valence-corrected chi connectivity index (χ1v) is 10.3. The van der Waals surface area contributed by atoms with E-state index in [1.165, 1.54) is 23.4 Å².